The van der Waals surface area contributed by atoms with E-state index in [4.69, 9.17) is 4.74 Å². The van der Waals surface area contributed by atoms with Gasteiger partial charge in [0, 0.05) is 18.8 Å². The Labute approximate surface area is 114 Å². The van der Waals surface area contributed by atoms with Crippen LogP contribution in [0.3, 0.4) is 0 Å². The first-order valence-corrected chi connectivity index (χ1v) is 7.27. The molecule has 2 heterocycles. The first kappa shape index (κ1) is 13.1. The molecule has 1 amide bonds. The zero-order chi connectivity index (χ0) is 12.5. The van der Waals surface area contributed by atoms with E-state index in [0.29, 0.717) is 0 Å². The van der Waals surface area contributed by atoms with Gasteiger partial charge in [-0.2, -0.15) is 0 Å². The van der Waals surface area contributed by atoms with E-state index in [9.17, 15) is 4.79 Å². The topological polar surface area (TPSA) is 38.3 Å². The maximum atomic E-state index is 12.1. The molecular formula is C12H16BrNO2S. The van der Waals surface area contributed by atoms with Gasteiger partial charge in [-0.05, 0) is 54.2 Å². The molecule has 0 unspecified atom stereocenters. The highest BCUT2D eigenvalue weighted by Gasteiger charge is 2.29. The first-order valence-electron chi connectivity index (χ1n) is 5.66. The minimum Gasteiger partial charge on any atom is -0.381 e. The fraction of sp³-hybridized carbons (Fsp3) is 0.583. The second-order valence-corrected chi connectivity index (χ2v) is 7.06. The van der Waals surface area contributed by atoms with Gasteiger partial charge in [0.25, 0.3) is 5.91 Å². The fourth-order valence-corrected chi connectivity index (χ4v) is 3.28. The second kappa shape index (κ2) is 5.08. The third-order valence-electron chi connectivity index (χ3n) is 3.09. The zero-order valence-electron chi connectivity index (χ0n) is 10.0. The summed E-state index contributed by atoms with van der Waals surface area (Å²) >= 11 is 4.92. The van der Waals surface area contributed by atoms with E-state index in [1.54, 1.807) is 0 Å². The van der Waals surface area contributed by atoms with Crippen molar-refractivity contribution >= 4 is 33.2 Å². The Morgan fingerprint density at radius 2 is 2.18 bits per heavy atom. The highest BCUT2D eigenvalue weighted by atomic mass is 79.9. The lowest BCUT2D eigenvalue weighted by Gasteiger charge is -2.34. The van der Waals surface area contributed by atoms with E-state index in [-0.39, 0.29) is 11.4 Å². The average molecular weight is 318 g/mol. The van der Waals surface area contributed by atoms with Crippen molar-refractivity contribution in [2.45, 2.75) is 32.2 Å². The number of amides is 1. The van der Waals surface area contributed by atoms with Gasteiger partial charge in [-0.25, -0.2) is 0 Å². The Kier molecular flexibility index (Phi) is 3.90. The summed E-state index contributed by atoms with van der Waals surface area (Å²) in [6.45, 7) is 5.53. The van der Waals surface area contributed by atoms with Crippen molar-refractivity contribution in [3.8, 4) is 0 Å². The molecule has 0 atom stereocenters. The molecule has 3 nitrogen and oxygen atoms in total. The standard InChI is InChI=1S/C12H16BrNO2S/c1-8-7-9(17-10(8)13)11(15)14-12(2)3-5-16-6-4-12/h7H,3-6H2,1-2H3,(H,14,15). The van der Waals surface area contributed by atoms with Gasteiger partial charge in [0.2, 0.25) is 0 Å². The third-order valence-corrected chi connectivity index (χ3v) is 5.23. The lowest BCUT2D eigenvalue weighted by atomic mass is 9.92. The van der Waals surface area contributed by atoms with Crippen LogP contribution in [0.5, 0.6) is 0 Å². The molecule has 0 aliphatic carbocycles. The smallest absolute Gasteiger partial charge is 0.261 e. The summed E-state index contributed by atoms with van der Waals surface area (Å²) < 4.78 is 6.35. The van der Waals surface area contributed by atoms with Crippen LogP contribution in [0.25, 0.3) is 0 Å². The number of aryl methyl sites for hydroxylation is 1. The average Bonchev–Trinajstić information content (AvgIpc) is 2.60. The molecule has 1 saturated heterocycles. The predicted molar refractivity (Wildman–Crippen MR) is 72.7 cm³/mol. The van der Waals surface area contributed by atoms with Gasteiger partial charge in [0.1, 0.15) is 0 Å². The van der Waals surface area contributed by atoms with Crippen LogP contribution in [0.4, 0.5) is 0 Å². The van der Waals surface area contributed by atoms with Gasteiger partial charge < -0.3 is 10.1 Å². The molecule has 0 aromatic carbocycles. The number of thiophene rings is 1. The third kappa shape index (κ3) is 3.09. The monoisotopic (exact) mass is 317 g/mol. The molecule has 1 aromatic heterocycles. The van der Waals surface area contributed by atoms with Crippen LogP contribution < -0.4 is 5.32 Å². The van der Waals surface area contributed by atoms with Crippen LogP contribution >= 0.6 is 27.3 Å². The predicted octanol–water partition coefficient (Wildman–Crippen LogP) is 3.12. The van der Waals surface area contributed by atoms with Gasteiger partial charge in [-0.15, -0.1) is 11.3 Å². The van der Waals surface area contributed by atoms with Crippen LogP contribution in [-0.4, -0.2) is 24.7 Å². The van der Waals surface area contributed by atoms with E-state index in [1.165, 1.54) is 11.3 Å². The number of hydrogen-bond donors (Lipinski definition) is 1. The number of carbonyl (C=O) groups excluding carboxylic acids is 1. The Balaban J connectivity index is 2.05. The summed E-state index contributed by atoms with van der Waals surface area (Å²) in [6, 6.07) is 1.92. The van der Waals surface area contributed by atoms with E-state index in [0.717, 1.165) is 40.3 Å². The molecule has 0 spiro atoms. The summed E-state index contributed by atoms with van der Waals surface area (Å²) in [4.78, 5) is 12.9. The molecular weight excluding hydrogens is 302 g/mol. The van der Waals surface area contributed by atoms with E-state index in [2.05, 4.69) is 28.2 Å². The Hall–Kier alpha value is -0.390. The fourth-order valence-electron chi connectivity index (χ4n) is 1.85. The summed E-state index contributed by atoms with van der Waals surface area (Å²) in [5, 5.41) is 3.12. The number of halogens is 1. The molecule has 1 aliphatic heterocycles. The molecule has 2 rings (SSSR count). The highest BCUT2D eigenvalue weighted by Crippen LogP contribution is 2.28. The van der Waals surface area contributed by atoms with Gasteiger partial charge in [-0.3, -0.25) is 4.79 Å². The lowest BCUT2D eigenvalue weighted by molar-refractivity contribution is 0.0424. The summed E-state index contributed by atoms with van der Waals surface area (Å²) in [6.07, 6.45) is 1.76. The Morgan fingerprint density at radius 1 is 1.53 bits per heavy atom. The number of nitrogens with one attached hydrogen (secondary N) is 1. The van der Waals surface area contributed by atoms with Crippen molar-refractivity contribution in [1.29, 1.82) is 0 Å². The normalized spacial score (nSPS) is 19.0. The highest BCUT2D eigenvalue weighted by molar-refractivity contribution is 9.11. The number of rotatable bonds is 2. The van der Waals surface area contributed by atoms with Crippen LogP contribution in [0.2, 0.25) is 0 Å². The lowest BCUT2D eigenvalue weighted by Crippen LogP contribution is -2.49. The molecule has 1 fully saturated rings. The Morgan fingerprint density at radius 3 is 2.71 bits per heavy atom. The van der Waals surface area contributed by atoms with Gasteiger partial charge in [0.15, 0.2) is 0 Å². The quantitative estimate of drug-likeness (QED) is 0.910. The van der Waals surface area contributed by atoms with Crippen molar-refractivity contribution in [3.05, 3.63) is 20.3 Å². The summed E-state index contributed by atoms with van der Waals surface area (Å²) in [5.74, 6) is 0.0215. The Bertz CT molecular complexity index is 405. The van der Waals surface area contributed by atoms with Crippen LogP contribution in [-0.2, 0) is 4.74 Å². The minimum absolute atomic E-state index is 0.0215. The summed E-state index contributed by atoms with van der Waals surface area (Å²) in [7, 11) is 0. The van der Waals surface area contributed by atoms with E-state index >= 15 is 0 Å². The summed E-state index contributed by atoms with van der Waals surface area (Å²) in [5.41, 5.74) is 0.983. The van der Waals surface area contributed by atoms with Gasteiger partial charge >= 0.3 is 0 Å². The molecule has 17 heavy (non-hydrogen) atoms. The van der Waals surface area contributed by atoms with Crippen LogP contribution in [0.15, 0.2) is 9.85 Å². The number of carbonyl (C=O) groups is 1. The maximum absolute atomic E-state index is 12.1. The SMILES string of the molecule is Cc1cc(C(=O)NC2(C)CCOCC2)sc1Br. The minimum atomic E-state index is -0.125. The molecule has 1 aliphatic rings. The van der Waals surface area contributed by atoms with E-state index in [1.807, 2.05) is 13.0 Å². The molecule has 0 bridgehead atoms. The van der Waals surface area contributed by atoms with Crippen molar-refractivity contribution in [1.82, 2.24) is 5.32 Å². The second-order valence-electron chi connectivity index (χ2n) is 4.69. The van der Waals surface area contributed by atoms with Crippen molar-refractivity contribution < 1.29 is 9.53 Å². The van der Waals surface area contributed by atoms with Crippen LogP contribution in [0, 0.1) is 6.92 Å². The molecule has 0 saturated carbocycles. The number of ether oxygens (including phenoxy) is 1. The van der Waals surface area contributed by atoms with Crippen molar-refractivity contribution in [2.75, 3.05) is 13.2 Å². The van der Waals surface area contributed by atoms with Gasteiger partial charge in [0.05, 0.1) is 8.66 Å². The van der Waals surface area contributed by atoms with E-state index < -0.39 is 0 Å². The van der Waals surface area contributed by atoms with Crippen molar-refractivity contribution in [2.24, 2.45) is 0 Å². The molecule has 0 radical (unpaired) electrons. The molecule has 5 heteroatoms. The van der Waals surface area contributed by atoms with Crippen molar-refractivity contribution in [3.63, 3.8) is 0 Å². The molecule has 1 N–H and O–H groups in total. The maximum Gasteiger partial charge on any atom is 0.261 e. The first-order chi connectivity index (χ1) is 8.00. The number of hydrogen-bond acceptors (Lipinski definition) is 3. The zero-order valence-corrected chi connectivity index (χ0v) is 12.4. The molecule has 94 valence electrons. The van der Waals surface area contributed by atoms with Gasteiger partial charge in [-0.1, -0.05) is 0 Å². The molecule has 1 aromatic rings. The largest absolute Gasteiger partial charge is 0.381 e. The van der Waals surface area contributed by atoms with Crippen LogP contribution in [0.1, 0.15) is 35.0 Å².